The average Bonchev–Trinajstić information content (AvgIpc) is 2.73. The number of anilines is 2. The topological polar surface area (TPSA) is 79.0 Å². The number of carbonyl (C=O) groups is 1. The number of rotatable bonds is 11. The van der Waals surface area contributed by atoms with Gasteiger partial charge < -0.3 is 15.0 Å². The smallest absolute Gasteiger partial charge is 0.243 e. The molecule has 0 unspecified atom stereocenters. The number of hydrogen-bond donors (Lipinski definition) is 1. The number of nitrogens with one attached hydrogen (secondary N) is 1. The van der Waals surface area contributed by atoms with Crippen molar-refractivity contribution in [2.24, 2.45) is 0 Å². The molecule has 0 saturated carbocycles. The third-order valence-corrected chi connectivity index (χ3v) is 6.95. The van der Waals surface area contributed by atoms with Crippen molar-refractivity contribution >= 4 is 27.3 Å². The van der Waals surface area contributed by atoms with Crippen molar-refractivity contribution in [1.82, 2.24) is 4.31 Å². The van der Waals surface area contributed by atoms with E-state index in [1.807, 2.05) is 50.2 Å². The van der Waals surface area contributed by atoms with Gasteiger partial charge in [-0.15, -0.1) is 0 Å². The fourth-order valence-corrected chi connectivity index (χ4v) is 4.63. The first-order valence-corrected chi connectivity index (χ1v) is 11.9. The molecule has 7 nitrogen and oxygen atoms in total. The van der Waals surface area contributed by atoms with Gasteiger partial charge in [0.2, 0.25) is 15.9 Å². The lowest BCUT2D eigenvalue weighted by atomic mass is 10.2. The number of benzene rings is 2. The number of hydrogen-bond acceptors (Lipinski definition) is 5. The van der Waals surface area contributed by atoms with Crippen molar-refractivity contribution in [3.63, 3.8) is 0 Å². The van der Waals surface area contributed by atoms with E-state index in [-0.39, 0.29) is 17.2 Å². The molecule has 2 rings (SSSR count). The second-order valence-electron chi connectivity index (χ2n) is 7.48. The van der Waals surface area contributed by atoms with Crippen LogP contribution in [-0.2, 0) is 14.8 Å². The van der Waals surface area contributed by atoms with Crippen molar-refractivity contribution in [3.05, 3.63) is 48.0 Å². The van der Waals surface area contributed by atoms with E-state index in [9.17, 15) is 13.2 Å². The number of carbonyl (C=O) groups excluding carboxylic acids is 1. The maximum Gasteiger partial charge on any atom is 0.243 e. The summed E-state index contributed by atoms with van der Waals surface area (Å²) >= 11 is 0. The minimum Gasteiger partial charge on any atom is -0.494 e. The van der Waals surface area contributed by atoms with Crippen LogP contribution in [0.4, 0.5) is 11.4 Å². The van der Waals surface area contributed by atoms with Crippen molar-refractivity contribution in [1.29, 1.82) is 0 Å². The molecule has 0 spiro atoms. The Hall–Kier alpha value is -2.58. The predicted molar refractivity (Wildman–Crippen MR) is 125 cm³/mol. The van der Waals surface area contributed by atoms with E-state index in [1.165, 1.54) is 10.4 Å². The van der Waals surface area contributed by atoms with Crippen molar-refractivity contribution < 1.29 is 17.9 Å². The fraction of sp³-hybridized carbons (Fsp3) is 0.435. The van der Waals surface area contributed by atoms with Crippen LogP contribution in [0.3, 0.4) is 0 Å². The first kappa shape index (κ1) is 24.7. The van der Waals surface area contributed by atoms with E-state index in [0.29, 0.717) is 31.8 Å². The predicted octanol–water partition coefficient (Wildman–Crippen LogP) is 3.89. The molecule has 0 aliphatic heterocycles. The van der Waals surface area contributed by atoms with Crippen LogP contribution in [0.15, 0.2) is 47.4 Å². The summed E-state index contributed by atoms with van der Waals surface area (Å²) in [6.07, 6.45) is 0.820. The molecule has 0 atom stereocenters. The Morgan fingerprint density at radius 1 is 1.03 bits per heavy atom. The molecular weight excluding hydrogens is 414 g/mol. The molecule has 0 saturated heterocycles. The third kappa shape index (κ3) is 6.70. The van der Waals surface area contributed by atoms with Gasteiger partial charge in [-0.1, -0.05) is 31.5 Å². The number of sulfonamides is 1. The zero-order chi connectivity index (χ0) is 23.0. The lowest BCUT2D eigenvalue weighted by Crippen LogP contribution is -2.30. The van der Waals surface area contributed by atoms with Crippen molar-refractivity contribution in [2.75, 3.05) is 44.0 Å². The first-order chi connectivity index (χ1) is 14.7. The van der Waals surface area contributed by atoms with E-state index >= 15 is 0 Å². The molecule has 2 aromatic carbocycles. The van der Waals surface area contributed by atoms with Crippen LogP contribution in [0, 0.1) is 6.92 Å². The molecule has 31 heavy (non-hydrogen) atoms. The third-order valence-electron chi connectivity index (χ3n) is 4.90. The van der Waals surface area contributed by atoms with E-state index in [4.69, 9.17) is 4.74 Å². The lowest BCUT2D eigenvalue weighted by molar-refractivity contribution is -0.116. The molecule has 1 N–H and O–H groups in total. The highest BCUT2D eigenvalue weighted by Crippen LogP contribution is 2.29. The molecule has 2 aromatic rings. The van der Waals surface area contributed by atoms with Gasteiger partial charge in [-0.2, -0.15) is 4.31 Å². The highest BCUT2D eigenvalue weighted by molar-refractivity contribution is 7.89. The Labute approximate surface area is 186 Å². The van der Waals surface area contributed by atoms with Crippen LogP contribution in [-0.4, -0.2) is 52.4 Å². The molecule has 0 aliphatic carbocycles. The van der Waals surface area contributed by atoms with Crippen LogP contribution >= 0.6 is 0 Å². The van der Waals surface area contributed by atoms with Gasteiger partial charge in [0.1, 0.15) is 5.75 Å². The number of nitrogens with zero attached hydrogens (tertiary/aromatic N) is 2. The van der Waals surface area contributed by atoms with Gasteiger partial charge in [0.05, 0.1) is 22.9 Å². The lowest BCUT2D eigenvalue weighted by Gasteiger charge is -2.22. The summed E-state index contributed by atoms with van der Waals surface area (Å²) in [7, 11) is 0.0793. The monoisotopic (exact) mass is 447 g/mol. The van der Waals surface area contributed by atoms with Gasteiger partial charge in [0.15, 0.2) is 0 Å². The zero-order valence-corrected chi connectivity index (χ0v) is 19.8. The van der Waals surface area contributed by atoms with Crippen LogP contribution in [0.25, 0.3) is 0 Å². The quantitative estimate of drug-likeness (QED) is 0.529. The molecule has 1 amide bonds. The number of amides is 1. The van der Waals surface area contributed by atoms with E-state index < -0.39 is 10.0 Å². The number of ether oxygens (including phenoxy) is 1. The second kappa shape index (κ2) is 11.2. The van der Waals surface area contributed by atoms with E-state index in [0.717, 1.165) is 17.0 Å². The highest BCUT2D eigenvalue weighted by Gasteiger charge is 2.23. The normalized spacial score (nSPS) is 11.4. The molecule has 0 radical (unpaired) electrons. The Kier molecular flexibility index (Phi) is 8.88. The Bertz CT molecular complexity index is 969. The van der Waals surface area contributed by atoms with Crippen LogP contribution < -0.4 is 15.0 Å². The van der Waals surface area contributed by atoms with Gasteiger partial charge >= 0.3 is 0 Å². The van der Waals surface area contributed by atoms with Crippen LogP contribution in [0.5, 0.6) is 5.75 Å². The Morgan fingerprint density at radius 2 is 1.68 bits per heavy atom. The Morgan fingerprint density at radius 3 is 2.26 bits per heavy atom. The molecule has 0 heterocycles. The summed E-state index contributed by atoms with van der Waals surface area (Å²) in [6, 6.07) is 12.6. The molecule has 170 valence electrons. The van der Waals surface area contributed by atoms with Crippen LogP contribution in [0.1, 0.15) is 32.3 Å². The first-order valence-electron chi connectivity index (χ1n) is 10.5. The van der Waals surface area contributed by atoms with Crippen LogP contribution in [0.2, 0.25) is 0 Å². The van der Waals surface area contributed by atoms with Gasteiger partial charge in [0.25, 0.3) is 0 Å². The van der Waals surface area contributed by atoms with E-state index in [1.54, 1.807) is 26.0 Å². The SMILES string of the molecule is CCN(CC)S(=O)(=O)c1ccc(N(C)C)c(NC(=O)CCCOc2ccc(C)cc2)c1. The van der Waals surface area contributed by atoms with Gasteiger partial charge in [-0.3, -0.25) is 4.79 Å². The Balaban J connectivity index is 2.05. The van der Waals surface area contributed by atoms with Gasteiger partial charge in [-0.25, -0.2) is 8.42 Å². The molecule has 0 aromatic heterocycles. The largest absolute Gasteiger partial charge is 0.494 e. The van der Waals surface area contributed by atoms with E-state index in [2.05, 4.69) is 5.32 Å². The summed E-state index contributed by atoms with van der Waals surface area (Å²) in [5, 5.41) is 2.87. The standard InChI is InChI=1S/C23H33N3O4S/c1-6-26(7-2)31(28,29)20-14-15-22(25(4)5)21(17-20)24-23(27)9-8-16-30-19-12-10-18(3)11-13-19/h10-15,17H,6-9,16H2,1-5H3,(H,24,27). The summed E-state index contributed by atoms with van der Waals surface area (Å²) in [5.74, 6) is 0.586. The summed E-state index contributed by atoms with van der Waals surface area (Å²) in [4.78, 5) is 14.5. The van der Waals surface area contributed by atoms with Gasteiger partial charge in [0, 0.05) is 33.6 Å². The fourth-order valence-electron chi connectivity index (χ4n) is 3.15. The highest BCUT2D eigenvalue weighted by atomic mass is 32.2. The van der Waals surface area contributed by atoms with Crippen molar-refractivity contribution in [3.8, 4) is 5.75 Å². The summed E-state index contributed by atoms with van der Waals surface area (Å²) in [5.41, 5.74) is 2.37. The minimum absolute atomic E-state index is 0.166. The summed E-state index contributed by atoms with van der Waals surface area (Å²) in [6.45, 7) is 6.81. The van der Waals surface area contributed by atoms with Gasteiger partial charge in [-0.05, 0) is 43.7 Å². The zero-order valence-electron chi connectivity index (χ0n) is 19.0. The number of aryl methyl sites for hydroxylation is 1. The molecule has 0 aliphatic rings. The molecule has 0 bridgehead atoms. The maximum atomic E-state index is 12.9. The summed E-state index contributed by atoms with van der Waals surface area (Å²) < 4.78 is 32.8. The average molecular weight is 448 g/mol. The molecule has 8 heteroatoms. The minimum atomic E-state index is -3.61. The van der Waals surface area contributed by atoms with Crippen molar-refractivity contribution in [2.45, 2.75) is 38.5 Å². The molecule has 0 fully saturated rings. The second-order valence-corrected chi connectivity index (χ2v) is 9.41. The maximum absolute atomic E-state index is 12.9. The molecular formula is C23H33N3O4S.